The zero-order valence-electron chi connectivity index (χ0n) is 13.6. The number of hydrogen-bond donors (Lipinski definition) is 2. The number of nitrogens with zero attached hydrogens (tertiary/aromatic N) is 2. The van der Waals surface area contributed by atoms with Crippen molar-refractivity contribution in [2.75, 3.05) is 13.8 Å². The van der Waals surface area contributed by atoms with Crippen molar-refractivity contribution >= 4 is 11.8 Å². The van der Waals surface area contributed by atoms with Crippen LogP contribution in [0.1, 0.15) is 23.4 Å². The summed E-state index contributed by atoms with van der Waals surface area (Å²) in [6.45, 7) is 1.75. The first-order valence-electron chi connectivity index (χ1n) is 7.45. The van der Waals surface area contributed by atoms with E-state index in [1.807, 2.05) is 0 Å². The normalized spacial score (nSPS) is 13.2. The highest BCUT2D eigenvalue weighted by Gasteiger charge is 2.19. The Bertz CT molecular complexity index is 790. The van der Waals surface area contributed by atoms with Crippen molar-refractivity contribution < 1.29 is 28.3 Å². The van der Waals surface area contributed by atoms with Gasteiger partial charge in [0, 0.05) is 13.1 Å². The summed E-state index contributed by atoms with van der Waals surface area (Å²) in [5.74, 6) is 0.842. The lowest BCUT2D eigenvalue weighted by Gasteiger charge is -2.14. The highest BCUT2D eigenvalue weighted by Crippen LogP contribution is 2.35. The number of aromatic nitrogens is 2. The smallest absolute Gasteiger partial charge is 0.292 e. The zero-order chi connectivity index (χ0) is 17.8. The van der Waals surface area contributed by atoms with E-state index >= 15 is 0 Å². The van der Waals surface area contributed by atoms with Crippen LogP contribution in [-0.4, -0.2) is 41.9 Å². The second-order valence-electron chi connectivity index (χ2n) is 5.08. The topological polar surface area (TPSA) is 125 Å². The SMILES string of the molecule is CNC(=O)c1noc(CNC(=O)[C@@H](C)Oc2ccc3c(c2)OCO3)n1. The predicted molar refractivity (Wildman–Crippen MR) is 82.2 cm³/mol. The zero-order valence-corrected chi connectivity index (χ0v) is 13.6. The molecule has 0 spiro atoms. The van der Waals surface area contributed by atoms with Crippen molar-refractivity contribution in [3.05, 3.63) is 29.9 Å². The Morgan fingerprint density at radius 1 is 1.32 bits per heavy atom. The van der Waals surface area contributed by atoms with E-state index in [4.69, 9.17) is 18.7 Å². The number of fused-ring (bicyclic) bond motifs is 1. The summed E-state index contributed by atoms with van der Waals surface area (Å²) in [4.78, 5) is 27.3. The molecule has 1 aromatic carbocycles. The molecule has 0 saturated heterocycles. The Labute approximate surface area is 142 Å². The maximum absolute atomic E-state index is 12.1. The van der Waals surface area contributed by atoms with Gasteiger partial charge >= 0.3 is 0 Å². The minimum absolute atomic E-state index is 0.0162. The third-order valence-electron chi connectivity index (χ3n) is 3.34. The number of amides is 2. The second kappa shape index (κ2) is 7.07. The minimum atomic E-state index is -0.762. The van der Waals surface area contributed by atoms with Crippen LogP contribution in [0.2, 0.25) is 0 Å². The lowest BCUT2D eigenvalue weighted by molar-refractivity contribution is -0.127. The number of rotatable bonds is 6. The van der Waals surface area contributed by atoms with Gasteiger partial charge in [0.05, 0.1) is 6.54 Å². The van der Waals surface area contributed by atoms with E-state index in [0.717, 1.165) is 0 Å². The molecule has 2 N–H and O–H groups in total. The Hall–Kier alpha value is -3.30. The summed E-state index contributed by atoms with van der Waals surface area (Å²) in [6, 6.07) is 5.05. The van der Waals surface area contributed by atoms with E-state index in [1.165, 1.54) is 7.05 Å². The van der Waals surface area contributed by atoms with Gasteiger partial charge in [-0.05, 0) is 19.1 Å². The van der Waals surface area contributed by atoms with E-state index in [9.17, 15) is 9.59 Å². The van der Waals surface area contributed by atoms with Crippen molar-refractivity contribution in [2.45, 2.75) is 19.6 Å². The summed E-state index contributed by atoms with van der Waals surface area (Å²) >= 11 is 0. The van der Waals surface area contributed by atoms with Gasteiger partial charge in [-0.25, -0.2) is 0 Å². The molecule has 1 aliphatic rings. The van der Waals surface area contributed by atoms with Gasteiger partial charge in [-0.3, -0.25) is 9.59 Å². The highest BCUT2D eigenvalue weighted by atomic mass is 16.7. The van der Waals surface area contributed by atoms with Crippen LogP contribution in [0, 0.1) is 0 Å². The maximum Gasteiger partial charge on any atom is 0.292 e. The van der Waals surface area contributed by atoms with Crippen LogP contribution in [0.3, 0.4) is 0 Å². The molecule has 0 aliphatic carbocycles. The van der Waals surface area contributed by atoms with Gasteiger partial charge in [0.15, 0.2) is 17.6 Å². The van der Waals surface area contributed by atoms with Crippen LogP contribution >= 0.6 is 0 Å². The van der Waals surface area contributed by atoms with Crippen molar-refractivity contribution in [1.29, 1.82) is 0 Å². The molecule has 2 heterocycles. The molecule has 0 fully saturated rings. The molecule has 1 aliphatic heterocycles. The lowest BCUT2D eigenvalue weighted by atomic mass is 10.3. The fourth-order valence-electron chi connectivity index (χ4n) is 2.04. The first-order chi connectivity index (χ1) is 12.1. The van der Waals surface area contributed by atoms with Crippen LogP contribution in [0.4, 0.5) is 0 Å². The summed E-state index contributed by atoms with van der Waals surface area (Å²) in [5.41, 5.74) is 0. The van der Waals surface area contributed by atoms with Crippen molar-refractivity contribution in [3.63, 3.8) is 0 Å². The molecule has 1 aromatic heterocycles. The van der Waals surface area contributed by atoms with E-state index in [0.29, 0.717) is 17.2 Å². The molecule has 25 heavy (non-hydrogen) atoms. The van der Waals surface area contributed by atoms with Gasteiger partial charge in [-0.2, -0.15) is 4.98 Å². The number of carbonyl (C=O) groups is 2. The molecule has 0 unspecified atom stereocenters. The Morgan fingerprint density at radius 2 is 2.12 bits per heavy atom. The summed E-state index contributed by atoms with van der Waals surface area (Å²) in [5, 5.41) is 8.47. The molecule has 0 radical (unpaired) electrons. The monoisotopic (exact) mass is 348 g/mol. The van der Waals surface area contributed by atoms with Crippen LogP contribution in [0.15, 0.2) is 22.7 Å². The molecule has 132 valence electrons. The molecule has 1 atom stereocenters. The van der Waals surface area contributed by atoms with Crippen LogP contribution in [-0.2, 0) is 11.3 Å². The predicted octanol–water partition coefficient (Wildman–Crippen LogP) is 0.242. The third-order valence-corrected chi connectivity index (χ3v) is 3.34. The first-order valence-corrected chi connectivity index (χ1v) is 7.45. The summed E-state index contributed by atoms with van der Waals surface area (Å²) < 4.78 is 20.9. The standard InChI is InChI=1S/C15H16N4O6/c1-8(24-9-3-4-10-11(5-9)23-7-22-10)14(20)17-6-12-18-13(19-25-12)15(21)16-2/h3-5,8H,6-7H2,1-2H3,(H,16,21)(H,17,20)/t8-/m1/s1. The minimum Gasteiger partial charge on any atom is -0.481 e. The Balaban J connectivity index is 1.52. The number of nitrogens with one attached hydrogen (secondary N) is 2. The summed E-state index contributed by atoms with van der Waals surface area (Å²) in [6.07, 6.45) is -0.762. The van der Waals surface area contributed by atoms with Crippen molar-refractivity contribution in [2.24, 2.45) is 0 Å². The maximum atomic E-state index is 12.1. The molecular weight excluding hydrogens is 332 g/mol. The molecule has 2 amide bonds. The van der Waals surface area contributed by atoms with Crippen LogP contribution < -0.4 is 24.8 Å². The fourth-order valence-corrected chi connectivity index (χ4v) is 2.04. The van der Waals surface area contributed by atoms with E-state index < -0.39 is 12.0 Å². The Kier molecular flexibility index (Phi) is 4.68. The molecule has 3 rings (SSSR count). The number of carbonyl (C=O) groups excluding carboxylic acids is 2. The molecule has 0 bridgehead atoms. The molecule has 10 nitrogen and oxygen atoms in total. The van der Waals surface area contributed by atoms with Crippen LogP contribution in [0.5, 0.6) is 17.2 Å². The van der Waals surface area contributed by atoms with Crippen LogP contribution in [0.25, 0.3) is 0 Å². The van der Waals surface area contributed by atoms with Crippen molar-refractivity contribution in [3.8, 4) is 17.2 Å². The quantitative estimate of drug-likeness (QED) is 0.761. The van der Waals surface area contributed by atoms with Gasteiger partial charge < -0.3 is 29.4 Å². The van der Waals surface area contributed by atoms with E-state index in [1.54, 1.807) is 25.1 Å². The number of benzene rings is 1. The van der Waals surface area contributed by atoms with Gasteiger partial charge in [0.25, 0.3) is 17.6 Å². The highest BCUT2D eigenvalue weighted by molar-refractivity contribution is 5.89. The second-order valence-corrected chi connectivity index (χ2v) is 5.08. The van der Waals surface area contributed by atoms with Gasteiger partial charge in [0.1, 0.15) is 5.75 Å². The molecule has 2 aromatic rings. The van der Waals surface area contributed by atoms with Crippen molar-refractivity contribution in [1.82, 2.24) is 20.8 Å². The molecule has 10 heteroatoms. The lowest BCUT2D eigenvalue weighted by Crippen LogP contribution is -2.36. The fraction of sp³-hybridized carbons (Fsp3) is 0.333. The molecule has 0 saturated carbocycles. The third kappa shape index (κ3) is 3.79. The van der Waals surface area contributed by atoms with E-state index in [-0.39, 0.29) is 31.0 Å². The van der Waals surface area contributed by atoms with Gasteiger partial charge in [0.2, 0.25) is 12.7 Å². The van der Waals surface area contributed by atoms with E-state index in [2.05, 4.69) is 20.8 Å². The number of hydrogen-bond acceptors (Lipinski definition) is 8. The average Bonchev–Trinajstić information content (AvgIpc) is 3.27. The molecular formula is C15H16N4O6. The average molecular weight is 348 g/mol. The van der Waals surface area contributed by atoms with Gasteiger partial charge in [-0.15, -0.1) is 0 Å². The summed E-state index contributed by atoms with van der Waals surface area (Å²) in [7, 11) is 1.45. The Morgan fingerprint density at radius 3 is 2.92 bits per heavy atom. The van der Waals surface area contributed by atoms with Gasteiger partial charge in [-0.1, -0.05) is 5.16 Å². The number of ether oxygens (including phenoxy) is 3. The largest absolute Gasteiger partial charge is 0.481 e. The first kappa shape index (κ1) is 16.6.